The Kier molecular flexibility index (Phi) is 4.02. The van der Waals surface area contributed by atoms with E-state index in [4.69, 9.17) is 0 Å². The first-order valence-electron chi connectivity index (χ1n) is 1.48. The van der Waals surface area contributed by atoms with Gasteiger partial charge < -0.3 is 0 Å². The molecule has 0 atom stereocenters. The summed E-state index contributed by atoms with van der Waals surface area (Å²) in [5, 5.41) is 0. The van der Waals surface area contributed by atoms with Crippen LogP contribution in [0.3, 0.4) is 0 Å². The second-order valence-electron chi connectivity index (χ2n) is 0.664. The van der Waals surface area contributed by atoms with Crippen molar-refractivity contribution in [1.82, 2.24) is 0 Å². The van der Waals surface area contributed by atoms with Crippen molar-refractivity contribution < 1.29 is 0 Å². The summed E-state index contributed by atoms with van der Waals surface area (Å²) in [4.78, 5) is 3.79. The molecule has 0 fully saturated rings. The maximum atomic E-state index is 3.52. The van der Waals surface area contributed by atoms with Crippen molar-refractivity contribution >= 4 is 15.2 Å². The zero-order valence-corrected chi connectivity index (χ0v) is 4.30. The van der Waals surface area contributed by atoms with Crippen LogP contribution in [0.25, 0.3) is 0 Å². The van der Waals surface area contributed by atoms with E-state index < -0.39 is 0 Å². The largest absolute Gasteiger partial charge is 0.271 e. The monoisotopic (exact) mass is 81.0 g/mol. The second-order valence-corrected chi connectivity index (χ2v) is 1.99. The van der Waals surface area contributed by atoms with E-state index in [9.17, 15) is 0 Å². The van der Waals surface area contributed by atoms with Gasteiger partial charge in [0.25, 0.3) is 15.2 Å². The Balaban J connectivity index is 2.65. The second kappa shape index (κ2) is 4.01. The zero-order valence-electron chi connectivity index (χ0n) is 3.15. The first kappa shape index (κ1) is 5.01. The fourth-order valence-corrected chi connectivity index (χ4v) is 0.289. The maximum absolute atomic E-state index is 3.52. The number of rotatable bonds is 2. The van der Waals surface area contributed by atoms with Gasteiger partial charge in [-0.15, -0.1) is 13.2 Å². The van der Waals surface area contributed by atoms with Crippen LogP contribution in [0.15, 0.2) is 23.0 Å². The molecule has 1 radical (unpaired) electrons. The Morgan fingerprint density at radius 1 is 1.20 bits per heavy atom. The quantitative estimate of drug-likeness (QED) is 0.434. The molecule has 0 heterocycles. The molecule has 0 unspecified atom stereocenters. The number of hydrogen-bond donors (Lipinski definition) is 0. The van der Waals surface area contributed by atoms with Gasteiger partial charge >= 0.3 is 0 Å². The Morgan fingerprint density at radius 2 is 1.60 bits per heavy atom. The van der Waals surface area contributed by atoms with Crippen molar-refractivity contribution in [1.29, 1.82) is 0 Å². The summed E-state index contributed by atoms with van der Waals surface area (Å²) >= 11 is 0.343. The lowest BCUT2D eigenvalue weighted by Gasteiger charge is -1.58. The molecule has 0 nitrogen and oxygen atoms in total. The summed E-state index contributed by atoms with van der Waals surface area (Å²) in [6.45, 7) is 7.03. The van der Waals surface area contributed by atoms with Crippen molar-refractivity contribution in [3.05, 3.63) is 23.0 Å². The minimum absolute atomic E-state index is 0.343. The van der Waals surface area contributed by atoms with Gasteiger partial charge in [-0.2, -0.15) is 9.88 Å². The van der Waals surface area contributed by atoms with Gasteiger partial charge in [0.05, 0.1) is 0 Å². The summed E-state index contributed by atoms with van der Waals surface area (Å²) < 4.78 is 0. The van der Waals surface area contributed by atoms with E-state index in [0.29, 0.717) is 15.2 Å². The molecule has 0 saturated carbocycles. The van der Waals surface area contributed by atoms with Crippen LogP contribution in [-0.2, 0) is 0 Å². The third-order valence-corrected chi connectivity index (χ3v) is 0.816. The maximum Gasteiger partial charge on any atom is 0.271 e. The van der Waals surface area contributed by atoms with Crippen LogP contribution >= 0.6 is 0 Å². The van der Waals surface area contributed by atoms with E-state index in [-0.39, 0.29) is 0 Å². The molecule has 0 saturated heterocycles. The van der Waals surface area contributed by atoms with Crippen LogP contribution in [0.1, 0.15) is 0 Å². The minimum Gasteiger partial charge on any atom is -0.157 e. The Bertz CT molecular complexity index is 32.9. The predicted molar refractivity (Wildman–Crippen MR) is 26.1 cm³/mol. The fourth-order valence-electron chi connectivity index (χ4n) is 0.0962. The van der Waals surface area contributed by atoms with Gasteiger partial charge in [0.1, 0.15) is 0 Å². The Morgan fingerprint density at radius 3 is 1.60 bits per heavy atom. The third-order valence-electron chi connectivity index (χ3n) is 0.272. The molecule has 1 heteroatoms. The van der Waals surface area contributed by atoms with Crippen molar-refractivity contribution in [2.24, 2.45) is 0 Å². The highest BCUT2D eigenvalue weighted by atomic mass is 27.1. The van der Waals surface area contributed by atoms with E-state index in [1.54, 1.807) is 0 Å². The van der Waals surface area contributed by atoms with Crippen molar-refractivity contribution in [3.8, 4) is 0 Å². The summed E-state index contributed by atoms with van der Waals surface area (Å²) in [5.41, 5.74) is 0. The van der Waals surface area contributed by atoms with E-state index in [0.717, 1.165) is 0 Å². The van der Waals surface area contributed by atoms with E-state index >= 15 is 0 Å². The van der Waals surface area contributed by atoms with Gasteiger partial charge in [0.15, 0.2) is 0 Å². The molecule has 0 aromatic carbocycles. The topological polar surface area (TPSA) is 0 Å². The van der Waals surface area contributed by atoms with E-state index in [1.807, 2.05) is 9.88 Å². The molecule has 5 heavy (non-hydrogen) atoms. The minimum atomic E-state index is 0.343. The van der Waals surface area contributed by atoms with Crippen LogP contribution in [0.4, 0.5) is 0 Å². The van der Waals surface area contributed by atoms with Gasteiger partial charge in [-0.05, 0) is 0 Å². The summed E-state index contributed by atoms with van der Waals surface area (Å²) in [6.07, 6.45) is 0. The highest BCUT2D eigenvalue weighted by Crippen LogP contribution is 1.55. The first-order chi connectivity index (χ1) is 2.41. The lowest BCUT2D eigenvalue weighted by atomic mass is 11.2. The normalized spacial score (nSPS) is 5.60. The van der Waals surface area contributed by atoms with Crippen LogP contribution in [-0.4, -0.2) is 15.2 Å². The highest BCUT2D eigenvalue weighted by Gasteiger charge is 1.62. The average Bonchev–Trinajstić information content (AvgIpc) is 1.41. The summed E-state index contributed by atoms with van der Waals surface area (Å²) in [7, 11) is 0. The molecule has 0 bridgehead atoms. The van der Waals surface area contributed by atoms with Crippen molar-refractivity contribution in [2.75, 3.05) is 0 Å². The average molecular weight is 81.1 g/mol. The van der Waals surface area contributed by atoms with Crippen LogP contribution in [0.5, 0.6) is 0 Å². The number of hydrogen-bond acceptors (Lipinski definition) is 0. The third kappa shape index (κ3) is 4.01. The van der Waals surface area contributed by atoms with Crippen molar-refractivity contribution in [2.45, 2.75) is 0 Å². The molecule has 0 N–H and O–H groups in total. The molecule has 0 aromatic rings. The molecular formula is C4H6Al. The highest BCUT2D eigenvalue weighted by molar-refractivity contribution is 6.47. The van der Waals surface area contributed by atoms with E-state index in [1.165, 1.54) is 0 Å². The molecule has 0 rings (SSSR count). The Labute approximate surface area is 38.9 Å². The van der Waals surface area contributed by atoms with Gasteiger partial charge in [0.2, 0.25) is 0 Å². The SMILES string of the molecule is C=[CH][Al][CH]=C. The van der Waals surface area contributed by atoms with Crippen molar-refractivity contribution in [3.63, 3.8) is 0 Å². The zero-order chi connectivity index (χ0) is 4.12. The van der Waals surface area contributed by atoms with E-state index in [2.05, 4.69) is 13.2 Å². The lowest BCUT2D eigenvalue weighted by Crippen LogP contribution is -1.67. The molecule has 0 aromatic heterocycles. The van der Waals surface area contributed by atoms with Crippen LogP contribution in [0.2, 0.25) is 0 Å². The molecule has 25 valence electrons. The first-order valence-corrected chi connectivity index (χ1v) is 2.82. The predicted octanol–water partition coefficient (Wildman–Crippen LogP) is 0.978. The smallest absolute Gasteiger partial charge is 0.157 e. The summed E-state index contributed by atoms with van der Waals surface area (Å²) in [6, 6.07) is 0. The van der Waals surface area contributed by atoms with Crippen LogP contribution < -0.4 is 0 Å². The summed E-state index contributed by atoms with van der Waals surface area (Å²) in [5.74, 6) is 0. The van der Waals surface area contributed by atoms with Gasteiger partial charge in [-0.1, -0.05) is 0 Å². The molecular weight excluding hydrogens is 75.0 g/mol. The van der Waals surface area contributed by atoms with Crippen LogP contribution in [0, 0.1) is 0 Å². The molecule has 0 aliphatic carbocycles. The Hall–Kier alpha value is 0.0125. The van der Waals surface area contributed by atoms with Gasteiger partial charge in [-0.3, -0.25) is 0 Å². The molecule has 0 amide bonds. The lowest BCUT2D eigenvalue weighted by molar-refractivity contribution is 2.44. The standard InChI is InChI=1S/2C2H3.Al/c2*1-2;/h2*1H,2H2;. The van der Waals surface area contributed by atoms with Gasteiger partial charge in [-0.25, -0.2) is 0 Å². The fraction of sp³-hybridized carbons (Fsp3) is 0. The molecule has 0 aliphatic heterocycles. The van der Waals surface area contributed by atoms with Gasteiger partial charge in [0, 0.05) is 0 Å². The molecule has 0 spiro atoms. The molecule has 0 aliphatic rings.